The van der Waals surface area contributed by atoms with Crippen molar-refractivity contribution in [2.45, 2.75) is 6.61 Å². The summed E-state index contributed by atoms with van der Waals surface area (Å²) in [5.74, 6) is -0.551. The van der Waals surface area contributed by atoms with Gasteiger partial charge in [0.15, 0.2) is 0 Å². The molecule has 19 heavy (non-hydrogen) atoms. The summed E-state index contributed by atoms with van der Waals surface area (Å²) >= 11 is 0. The first-order valence-corrected chi connectivity index (χ1v) is 5.35. The quantitative estimate of drug-likeness (QED) is 0.839. The maximum absolute atomic E-state index is 12.8. The van der Waals surface area contributed by atoms with E-state index >= 15 is 0 Å². The van der Waals surface area contributed by atoms with E-state index in [0.717, 1.165) is 0 Å². The van der Waals surface area contributed by atoms with Crippen molar-refractivity contribution in [2.24, 2.45) is 0 Å². The third kappa shape index (κ3) is 3.05. The minimum absolute atomic E-state index is 0.00197. The van der Waals surface area contributed by atoms with E-state index in [-0.39, 0.29) is 17.1 Å². The zero-order chi connectivity index (χ0) is 13.8. The van der Waals surface area contributed by atoms with Gasteiger partial charge in [-0.15, -0.1) is 0 Å². The molecular weight excluding hydrogens is 255 g/mol. The maximum Gasteiger partial charge on any atom is 0.387 e. The van der Waals surface area contributed by atoms with E-state index in [1.807, 2.05) is 0 Å². The lowest BCUT2D eigenvalue weighted by molar-refractivity contribution is -0.0500. The highest BCUT2D eigenvalue weighted by Crippen LogP contribution is 2.27. The van der Waals surface area contributed by atoms with Crippen LogP contribution in [0.4, 0.5) is 13.2 Å². The van der Waals surface area contributed by atoms with Gasteiger partial charge >= 0.3 is 6.61 Å². The van der Waals surface area contributed by atoms with Crippen LogP contribution in [0.5, 0.6) is 5.75 Å². The monoisotopic (exact) mass is 263 g/mol. The number of halogens is 3. The molecular formula is C14H8F3NO. The Labute approximate surface area is 107 Å². The van der Waals surface area contributed by atoms with Crippen molar-refractivity contribution in [1.82, 2.24) is 0 Å². The normalized spacial score (nSPS) is 10.3. The molecule has 96 valence electrons. The summed E-state index contributed by atoms with van der Waals surface area (Å²) in [6.45, 7) is -2.98. The average molecular weight is 263 g/mol. The Balaban J connectivity index is 2.39. The third-order valence-electron chi connectivity index (χ3n) is 2.49. The lowest BCUT2D eigenvalue weighted by atomic mass is 10.0. The smallest absolute Gasteiger partial charge is 0.387 e. The Kier molecular flexibility index (Phi) is 3.71. The fourth-order valence-electron chi connectivity index (χ4n) is 1.64. The minimum atomic E-state index is -2.98. The second-order valence-corrected chi connectivity index (χ2v) is 3.71. The summed E-state index contributed by atoms with van der Waals surface area (Å²) in [6, 6.07) is 11.7. The van der Waals surface area contributed by atoms with E-state index in [1.165, 1.54) is 30.3 Å². The van der Waals surface area contributed by atoms with Gasteiger partial charge < -0.3 is 4.74 Å². The van der Waals surface area contributed by atoms with Crippen molar-refractivity contribution in [3.05, 3.63) is 53.8 Å². The van der Waals surface area contributed by atoms with Gasteiger partial charge in [0.05, 0.1) is 5.56 Å². The second kappa shape index (κ2) is 5.44. The second-order valence-electron chi connectivity index (χ2n) is 3.71. The number of nitrogens with zero attached hydrogens (tertiary/aromatic N) is 1. The fraction of sp³-hybridized carbons (Fsp3) is 0.0714. The highest BCUT2D eigenvalue weighted by atomic mass is 19.3. The van der Waals surface area contributed by atoms with Gasteiger partial charge in [-0.25, -0.2) is 4.39 Å². The molecule has 0 saturated carbocycles. The van der Waals surface area contributed by atoms with E-state index in [0.29, 0.717) is 11.1 Å². The van der Waals surface area contributed by atoms with E-state index in [1.54, 1.807) is 18.2 Å². The lowest BCUT2D eigenvalue weighted by Crippen LogP contribution is -2.03. The molecule has 2 aromatic rings. The SMILES string of the molecule is N#Cc1cc(-c2ccc(F)cc2)ccc1OC(F)F. The first kappa shape index (κ1) is 13.0. The van der Waals surface area contributed by atoms with Crippen molar-refractivity contribution < 1.29 is 17.9 Å². The van der Waals surface area contributed by atoms with Crippen LogP contribution in [0, 0.1) is 17.1 Å². The standard InChI is InChI=1S/C14H8F3NO/c15-12-4-1-9(2-5-12)10-3-6-13(19-14(16)17)11(7-10)8-18/h1-7,14H. The van der Waals surface area contributed by atoms with Gasteiger partial charge in [0.1, 0.15) is 17.6 Å². The first-order chi connectivity index (χ1) is 9.10. The Morgan fingerprint density at radius 3 is 2.21 bits per heavy atom. The molecule has 0 amide bonds. The molecule has 0 heterocycles. The lowest BCUT2D eigenvalue weighted by Gasteiger charge is -2.08. The first-order valence-electron chi connectivity index (χ1n) is 5.35. The van der Waals surface area contributed by atoms with E-state index < -0.39 is 6.61 Å². The van der Waals surface area contributed by atoms with Crippen LogP contribution in [-0.2, 0) is 0 Å². The third-order valence-corrected chi connectivity index (χ3v) is 2.49. The van der Waals surface area contributed by atoms with Gasteiger partial charge in [-0.1, -0.05) is 18.2 Å². The largest absolute Gasteiger partial charge is 0.433 e. The summed E-state index contributed by atoms with van der Waals surface area (Å²) in [6.07, 6.45) is 0. The summed E-state index contributed by atoms with van der Waals surface area (Å²) < 4.78 is 41.3. The molecule has 2 rings (SSSR count). The molecule has 0 spiro atoms. The van der Waals surface area contributed by atoms with Gasteiger partial charge in [0.2, 0.25) is 0 Å². The molecule has 0 aliphatic carbocycles. The van der Waals surface area contributed by atoms with Crippen molar-refractivity contribution in [2.75, 3.05) is 0 Å². The minimum Gasteiger partial charge on any atom is -0.433 e. The number of benzene rings is 2. The number of hydrogen-bond donors (Lipinski definition) is 0. The van der Waals surface area contributed by atoms with Crippen molar-refractivity contribution in [1.29, 1.82) is 5.26 Å². The molecule has 2 nitrogen and oxygen atoms in total. The zero-order valence-electron chi connectivity index (χ0n) is 9.61. The Morgan fingerprint density at radius 1 is 1.00 bits per heavy atom. The van der Waals surface area contributed by atoms with Crippen molar-refractivity contribution in [3.8, 4) is 22.9 Å². The van der Waals surface area contributed by atoms with Gasteiger partial charge in [0.25, 0.3) is 0 Å². The molecule has 0 N–H and O–H groups in total. The average Bonchev–Trinajstić information content (AvgIpc) is 2.39. The van der Waals surface area contributed by atoms with Crippen LogP contribution in [0.3, 0.4) is 0 Å². The van der Waals surface area contributed by atoms with Crippen LogP contribution in [-0.4, -0.2) is 6.61 Å². The van der Waals surface area contributed by atoms with Gasteiger partial charge in [0, 0.05) is 0 Å². The molecule has 5 heteroatoms. The van der Waals surface area contributed by atoms with Crippen molar-refractivity contribution >= 4 is 0 Å². The summed E-state index contributed by atoms with van der Waals surface area (Å²) in [7, 11) is 0. The van der Waals surface area contributed by atoms with Crippen LogP contribution in [0.25, 0.3) is 11.1 Å². The number of ether oxygens (including phenoxy) is 1. The fourth-order valence-corrected chi connectivity index (χ4v) is 1.64. The van der Waals surface area contributed by atoms with E-state index in [4.69, 9.17) is 5.26 Å². The summed E-state index contributed by atoms with van der Waals surface area (Å²) in [5, 5.41) is 8.91. The predicted octanol–water partition coefficient (Wildman–Crippen LogP) is 3.97. The molecule has 0 unspecified atom stereocenters. The van der Waals surface area contributed by atoms with Crippen LogP contribution in [0.2, 0.25) is 0 Å². The molecule has 0 fully saturated rings. The summed E-state index contributed by atoms with van der Waals surface area (Å²) in [4.78, 5) is 0. The number of rotatable bonds is 3. The van der Waals surface area contributed by atoms with E-state index in [9.17, 15) is 13.2 Å². The maximum atomic E-state index is 12.8. The summed E-state index contributed by atoms with van der Waals surface area (Å²) in [5.41, 5.74) is 1.31. The van der Waals surface area contributed by atoms with Crippen molar-refractivity contribution in [3.63, 3.8) is 0 Å². The van der Waals surface area contributed by atoms with Crippen LogP contribution < -0.4 is 4.74 Å². The zero-order valence-corrected chi connectivity index (χ0v) is 9.61. The van der Waals surface area contributed by atoms with E-state index in [2.05, 4.69) is 4.74 Å². The topological polar surface area (TPSA) is 33.0 Å². The van der Waals surface area contributed by atoms with Crippen LogP contribution in [0.1, 0.15) is 5.56 Å². The molecule has 0 aromatic heterocycles. The molecule has 0 saturated heterocycles. The predicted molar refractivity (Wildman–Crippen MR) is 63.2 cm³/mol. The molecule has 0 atom stereocenters. The number of hydrogen-bond acceptors (Lipinski definition) is 2. The number of nitriles is 1. The highest BCUT2D eigenvalue weighted by Gasteiger charge is 2.10. The van der Waals surface area contributed by atoms with Gasteiger partial charge in [-0.2, -0.15) is 14.0 Å². The molecule has 2 aromatic carbocycles. The molecule has 0 aliphatic rings. The Morgan fingerprint density at radius 2 is 1.63 bits per heavy atom. The Hall–Kier alpha value is -2.48. The Bertz CT molecular complexity index is 618. The van der Waals surface area contributed by atoms with Gasteiger partial charge in [-0.05, 0) is 35.4 Å². The van der Waals surface area contributed by atoms with Gasteiger partial charge in [-0.3, -0.25) is 0 Å². The molecule has 0 radical (unpaired) electrons. The van der Waals surface area contributed by atoms with Crippen LogP contribution >= 0.6 is 0 Å². The molecule has 0 aliphatic heterocycles. The highest BCUT2D eigenvalue weighted by molar-refractivity contribution is 5.67. The molecule has 0 bridgehead atoms. The van der Waals surface area contributed by atoms with Crippen LogP contribution in [0.15, 0.2) is 42.5 Å². The number of alkyl halides is 2.